The Labute approximate surface area is 183 Å². The molecule has 2 aromatic rings. The van der Waals surface area contributed by atoms with Crippen molar-refractivity contribution in [2.75, 3.05) is 19.7 Å². The minimum atomic E-state index is -0.380. The maximum absolute atomic E-state index is 13.1. The van der Waals surface area contributed by atoms with Gasteiger partial charge in [0.05, 0.1) is 18.2 Å². The van der Waals surface area contributed by atoms with Gasteiger partial charge in [-0.2, -0.15) is 0 Å². The molecule has 5 nitrogen and oxygen atoms in total. The Hall–Kier alpha value is -2.66. The van der Waals surface area contributed by atoms with E-state index in [2.05, 4.69) is 43.3 Å². The van der Waals surface area contributed by atoms with Gasteiger partial charge in [0.25, 0.3) is 0 Å². The number of nitrogens with zero attached hydrogens (tertiary/aromatic N) is 2. The van der Waals surface area contributed by atoms with Crippen LogP contribution in [0.2, 0.25) is 0 Å². The van der Waals surface area contributed by atoms with Crippen molar-refractivity contribution < 1.29 is 14.7 Å². The number of likely N-dealkylation sites (tertiary alicyclic amines) is 2. The molecule has 0 unspecified atom stereocenters. The number of carbonyl (C=O) groups excluding carboxylic acids is 2. The number of aryl methyl sites for hydroxylation is 1. The Morgan fingerprint density at radius 3 is 2.32 bits per heavy atom. The maximum Gasteiger partial charge on any atom is 0.223 e. The molecule has 1 spiro atoms. The summed E-state index contributed by atoms with van der Waals surface area (Å²) in [5.41, 5.74) is 4.36. The van der Waals surface area contributed by atoms with Crippen molar-refractivity contribution in [2.45, 2.75) is 50.6 Å². The number of benzene rings is 2. The molecule has 3 fully saturated rings. The normalized spacial score (nSPS) is 24.0. The number of amides is 2. The lowest BCUT2D eigenvalue weighted by atomic mass is 9.60. The molecule has 2 saturated heterocycles. The highest BCUT2D eigenvalue weighted by Gasteiger charge is 2.67. The van der Waals surface area contributed by atoms with Crippen LogP contribution < -0.4 is 0 Å². The summed E-state index contributed by atoms with van der Waals surface area (Å²) in [7, 11) is 0. The Kier molecular flexibility index (Phi) is 4.89. The van der Waals surface area contributed by atoms with Crippen molar-refractivity contribution in [1.29, 1.82) is 0 Å². The molecule has 5 heteroatoms. The maximum atomic E-state index is 13.1. The van der Waals surface area contributed by atoms with Crippen LogP contribution >= 0.6 is 0 Å². The minimum absolute atomic E-state index is 0.0429. The Bertz CT molecular complexity index is 1010. The third-order valence-electron chi connectivity index (χ3n) is 7.49. The fourth-order valence-corrected chi connectivity index (χ4v) is 5.68. The number of hydrogen-bond acceptors (Lipinski definition) is 3. The molecule has 2 aromatic carbocycles. The molecule has 2 amide bonds. The van der Waals surface area contributed by atoms with Gasteiger partial charge in [-0.1, -0.05) is 48.5 Å². The zero-order valence-corrected chi connectivity index (χ0v) is 18.3. The monoisotopic (exact) mass is 418 g/mol. The molecule has 2 aliphatic heterocycles. The largest absolute Gasteiger partial charge is 0.394 e. The second kappa shape index (κ2) is 7.49. The van der Waals surface area contributed by atoms with Gasteiger partial charge in [-0.3, -0.25) is 9.59 Å². The van der Waals surface area contributed by atoms with Crippen molar-refractivity contribution in [3.05, 3.63) is 59.7 Å². The quantitative estimate of drug-likeness (QED) is 0.810. The fourth-order valence-electron chi connectivity index (χ4n) is 5.68. The molecular formula is C26H30N2O3. The summed E-state index contributed by atoms with van der Waals surface area (Å²) in [5, 5.41) is 10.2. The summed E-state index contributed by atoms with van der Waals surface area (Å²) in [6.07, 6.45) is 2.82. The van der Waals surface area contributed by atoms with E-state index in [9.17, 15) is 14.7 Å². The lowest BCUT2D eigenvalue weighted by Crippen LogP contribution is -2.85. The van der Waals surface area contributed by atoms with Gasteiger partial charge in [0.15, 0.2) is 0 Å². The molecule has 1 N–H and O–H groups in total. The summed E-state index contributed by atoms with van der Waals surface area (Å²) in [5.74, 6) is 0.723. The Balaban J connectivity index is 1.44. The topological polar surface area (TPSA) is 60.9 Å². The molecule has 1 saturated carbocycles. The van der Waals surface area contributed by atoms with E-state index in [0.717, 1.165) is 24.0 Å². The van der Waals surface area contributed by atoms with Crippen LogP contribution in [0.4, 0.5) is 0 Å². The Morgan fingerprint density at radius 1 is 1.06 bits per heavy atom. The molecule has 162 valence electrons. The van der Waals surface area contributed by atoms with E-state index in [0.29, 0.717) is 25.4 Å². The number of rotatable bonds is 5. The van der Waals surface area contributed by atoms with Crippen molar-refractivity contribution in [2.24, 2.45) is 5.92 Å². The second-order valence-electron chi connectivity index (χ2n) is 9.55. The molecule has 0 bridgehead atoms. The van der Waals surface area contributed by atoms with Gasteiger partial charge in [-0.15, -0.1) is 0 Å². The molecule has 0 radical (unpaired) electrons. The molecule has 2 heterocycles. The van der Waals surface area contributed by atoms with Gasteiger partial charge in [0, 0.05) is 32.4 Å². The number of aliphatic hydroxyl groups is 1. The number of carbonyl (C=O) groups is 2. The molecule has 1 aliphatic carbocycles. The second-order valence-corrected chi connectivity index (χ2v) is 9.55. The van der Waals surface area contributed by atoms with E-state index in [1.165, 1.54) is 11.1 Å². The molecule has 0 aromatic heterocycles. The van der Waals surface area contributed by atoms with Crippen LogP contribution in [-0.4, -0.2) is 58.0 Å². The SMILES string of the molecule is CC(=O)N1CC2(C1)[C@H](c1ccc(-c3ccccc3C)cc1)[C@@H](CO)N2C(=O)CC1CC1. The summed E-state index contributed by atoms with van der Waals surface area (Å²) >= 11 is 0. The van der Waals surface area contributed by atoms with Crippen LogP contribution in [0.5, 0.6) is 0 Å². The highest BCUT2D eigenvalue weighted by Crippen LogP contribution is 2.54. The summed E-state index contributed by atoms with van der Waals surface area (Å²) in [6.45, 7) is 4.75. The first kappa shape index (κ1) is 20.3. The van der Waals surface area contributed by atoms with Crippen LogP contribution in [0.3, 0.4) is 0 Å². The third kappa shape index (κ3) is 3.26. The summed E-state index contributed by atoms with van der Waals surface area (Å²) in [6, 6.07) is 16.7. The predicted molar refractivity (Wildman–Crippen MR) is 119 cm³/mol. The minimum Gasteiger partial charge on any atom is -0.394 e. The molecular weight excluding hydrogens is 388 g/mol. The van der Waals surface area contributed by atoms with E-state index >= 15 is 0 Å². The van der Waals surface area contributed by atoms with E-state index < -0.39 is 0 Å². The molecule has 3 aliphatic rings. The van der Waals surface area contributed by atoms with Gasteiger partial charge in [-0.05, 0) is 47.9 Å². The van der Waals surface area contributed by atoms with Gasteiger partial charge >= 0.3 is 0 Å². The summed E-state index contributed by atoms with van der Waals surface area (Å²) < 4.78 is 0. The third-order valence-corrected chi connectivity index (χ3v) is 7.49. The van der Waals surface area contributed by atoms with Gasteiger partial charge in [0.1, 0.15) is 0 Å². The molecule has 31 heavy (non-hydrogen) atoms. The van der Waals surface area contributed by atoms with Gasteiger partial charge in [0.2, 0.25) is 11.8 Å². The van der Waals surface area contributed by atoms with Crippen molar-refractivity contribution in [3.8, 4) is 11.1 Å². The van der Waals surface area contributed by atoms with Crippen LogP contribution in [0.1, 0.15) is 43.2 Å². The zero-order chi connectivity index (χ0) is 21.8. The van der Waals surface area contributed by atoms with Crippen molar-refractivity contribution in [3.63, 3.8) is 0 Å². The summed E-state index contributed by atoms with van der Waals surface area (Å²) in [4.78, 5) is 28.7. The van der Waals surface area contributed by atoms with Crippen molar-refractivity contribution in [1.82, 2.24) is 9.80 Å². The molecule has 2 atom stereocenters. The average molecular weight is 419 g/mol. The van der Waals surface area contributed by atoms with E-state index in [-0.39, 0.29) is 35.9 Å². The Morgan fingerprint density at radius 2 is 1.74 bits per heavy atom. The highest BCUT2D eigenvalue weighted by atomic mass is 16.3. The van der Waals surface area contributed by atoms with Crippen LogP contribution in [-0.2, 0) is 9.59 Å². The first-order chi connectivity index (χ1) is 14.9. The van der Waals surface area contributed by atoms with Crippen LogP contribution in [0, 0.1) is 12.8 Å². The molecule has 5 rings (SSSR count). The van der Waals surface area contributed by atoms with Gasteiger partial charge < -0.3 is 14.9 Å². The standard InChI is InChI=1S/C26H30N2O3/c1-17-5-3-4-6-22(17)20-9-11-21(12-10-20)25-23(14-29)28(24(31)13-19-7-8-19)26(25)15-27(16-26)18(2)30/h3-6,9-12,19,23,25,29H,7-8,13-16H2,1-2H3/t23-,25-/m1/s1. The zero-order valence-electron chi connectivity index (χ0n) is 18.3. The number of aliphatic hydroxyl groups excluding tert-OH is 1. The first-order valence-electron chi connectivity index (χ1n) is 11.3. The van der Waals surface area contributed by atoms with E-state index in [1.807, 2.05) is 17.0 Å². The van der Waals surface area contributed by atoms with E-state index in [1.54, 1.807) is 11.8 Å². The lowest BCUT2D eigenvalue weighted by Gasteiger charge is -2.70. The smallest absolute Gasteiger partial charge is 0.223 e. The van der Waals surface area contributed by atoms with Crippen LogP contribution in [0.15, 0.2) is 48.5 Å². The highest BCUT2D eigenvalue weighted by molar-refractivity contribution is 5.82. The average Bonchev–Trinajstić information content (AvgIpc) is 3.51. The van der Waals surface area contributed by atoms with Crippen molar-refractivity contribution >= 4 is 11.8 Å². The van der Waals surface area contributed by atoms with Gasteiger partial charge in [-0.25, -0.2) is 0 Å². The first-order valence-corrected chi connectivity index (χ1v) is 11.3. The predicted octanol–water partition coefficient (Wildman–Crippen LogP) is 3.35. The van der Waals surface area contributed by atoms with Crippen LogP contribution in [0.25, 0.3) is 11.1 Å². The van der Waals surface area contributed by atoms with E-state index in [4.69, 9.17) is 0 Å². The fraction of sp³-hybridized carbons (Fsp3) is 0.462. The lowest BCUT2D eigenvalue weighted by molar-refractivity contribution is -0.202. The number of hydrogen-bond donors (Lipinski definition) is 1.